The van der Waals surface area contributed by atoms with Crippen LogP contribution < -0.4 is 0 Å². The molecule has 0 bridgehead atoms. The Hall–Kier alpha value is -0.570. The van der Waals surface area contributed by atoms with Gasteiger partial charge in [0.25, 0.3) is 0 Å². The smallest absolute Gasteiger partial charge is 0.169 e. The molecule has 3 heteroatoms. The first kappa shape index (κ1) is 10.9. The van der Waals surface area contributed by atoms with Gasteiger partial charge in [-0.1, -0.05) is 13.3 Å². The highest BCUT2D eigenvalue weighted by Gasteiger charge is 2.29. The molecule has 0 aromatic carbocycles. The van der Waals surface area contributed by atoms with Gasteiger partial charge in [-0.25, -0.2) is 0 Å². The number of furan rings is 1. The van der Waals surface area contributed by atoms with Gasteiger partial charge in [-0.3, -0.25) is 4.79 Å². The van der Waals surface area contributed by atoms with Crippen LogP contribution in [0.15, 0.2) is 21.2 Å². The lowest BCUT2D eigenvalue weighted by Crippen LogP contribution is -2.18. The summed E-state index contributed by atoms with van der Waals surface area (Å²) in [5.41, 5.74) is 0. The Balaban J connectivity index is 1.97. The van der Waals surface area contributed by atoms with Gasteiger partial charge in [0.2, 0.25) is 0 Å². The average Bonchev–Trinajstić information content (AvgIpc) is 2.75. The van der Waals surface area contributed by atoms with Crippen LogP contribution in [0.5, 0.6) is 0 Å². The summed E-state index contributed by atoms with van der Waals surface area (Å²) in [7, 11) is 0. The Morgan fingerprint density at radius 1 is 1.53 bits per heavy atom. The molecular weight excluding hydrogens is 256 g/mol. The number of hydrogen-bond donors (Lipinski definition) is 0. The standard InChI is InChI=1S/C12H15BrO2/c1-8-3-2-4-10(8)11(14)7-9-5-6-12(13)15-9/h5-6,8,10H,2-4,7H2,1H3. The van der Waals surface area contributed by atoms with E-state index in [2.05, 4.69) is 22.9 Å². The molecule has 0 amide bonds. The van der Waals surface area contributed by atoms with Crippen LogP contribution >= 0.6 is 15.9 Å². The first-order chi connectivity index (χ1) is 7.16. The number of rotatable bonds is 3. The van der Waals surface area contributed by atoms with E-state index in [4.69, 9.17) is 4.42 Å². The first-order valence-electron chi connectivity index (χ1n) is 5.44. The van der Waals surface area contributed by atoms with Gasteiger partial charge in [-0.05, 0) is 46.8 Å². The minimum absolute atomic E-state index is 0.258. The van der Waals surface area contributed by atoms with Crippen LogP contribution in [0.4, 0.5) is 0 Å². The van der Waals surface area contributed by atoms with Crippen molar-refractivity contribution >= 4 is 21.7 Å². The molecule has 1 heterocycles. The third-order valence-electron chi connectivity index (χ3n) is 3.25. The van der Waals surface area contributed by atoms with Gasteiger partial charge in [-0.15, -0.1) is 0 Å². The zero-order chi connectivity index (χ0) is 10.8. The van der Waals surface area contributed by atoms with Crippen LogP contribution in [0, 0.1) is 11.8 Å². The molecule has 1 aromatic rings. The number of carbonyl (C=O) groups excluding carboxylic acids is 1. The fourth-order valence-corrected chi connectivity index (χ4v) is 2.71. The maximum atomic E-state index is 12.0. The summed E-state index contributed by atoms with van der Waals surface area (Å²) in [6, 6.07) is 3.70. The Labute approximate surface area is 98.2 Å². The van der Waals surface area contributed by atoms with E-state index in [1.165, 1.54) is 12.8 Å². The monoisotopic (exact) mass is 270 g/mol. The molecule has 2 rings (SSSR count). The molecular formula is C12H15BrO2. The van der Waals surface area contributed by atoms with Gasteiger partial charge in [-0.2, -0.15) is 0 Å². The zero-order valence-corrected chi connectivity index (χ0v) is 10.4. The van der Waals surface area contributed by atoms with Crippen molar-refractivity contribution in [2.45, 2.75) is 32.6 Å². The van der Waals surface area contributed by atoms with Gasteiger partial charge in [0, 0.05) is 5.92 Å². The molecule has 2 unspecified atom stereocenters. The molecule has 1 saturated carbocycles. The number of halogens is 1. The van der Waals surface area contributed by atoms with Crippen molar-refractivity contribution in [2.24, 2.45) is 11.8 Å². The summed E-state index contributed by atoms with van der Waals surface area (Å²) < 4.78 is 6.04. The Bertz CT molecular complexity index is 356. The first-order valence-corrected chi connectivity index (χ1v) is 6.23. The predicted octanol–water partition coefficient (Wildman–Crippen LogP) is 3.59. The molecule has 1 aliphatic rings. The molecule has 2 atom stereocenters. The summed E-state index contributed by atoms with van der Waals surface area (Å²) in [5.74, 6) is 1.91. The van der Waals surface area contributed by atoms with Crippen molar-refractivity contribution in [1.82, 2.24) is 0 Å². The second-order valence-corrected chi connectivity index (χ2v) is 5.15. The molecule has 0 aliphatic heterocycles. The lowest BCUT2D eigenvalue weighted by molar-refractivity contribution is -0.123. The molecule has 0 spiro atoms. The van der Waals surface area contributed by atoms with Crippen LogP contribution in [0.2, 0.25) is 0 Å². The van der Waals surface area contributed by atoms with Crippen molar-refractivity contribution in [3.05, 3.63) is 22.6 Å². The van der Waals surface area contributed by atoms with Gasteiger partial charge in [0.1, 0.15) is 11.5 Å². The van der Waals surface area contributed by atoms with Crippen molar-refractivity contribution in [3.8, 4) is 0 Å². The number of Topliss-reactive ketones (excluding diaryl/α,β-unsaturated/α-hetero) is 1. The van der Waals surface area contributed by atoms with Gasteiger partial charge < -0.3 is 4.42 Å². The van der Waals surface area contributed by atoms with E-state index >= 15 is 0 Å². The highest BCUT2D eigenvalue weighted by molar-refractivity contribution is 9.10. The summed E-state index contributed by atoms with van der Waals surface area (Å²) in [4.78, 5) is 12.0. The normalized spacial score (nSPS) is 25.7. The maximum absolute atomic E-state index is 12.0. The zero-order valence-electron chi connectivity index (χ0n) is 8.83. The second kappa shape index (κ2) is 4.52. The van der Waals surface area contributed by atoms with Crippen molar-refractivity contribution in [1.29, 1.82) is 0 Å². The van der Waals surface area contributed by atoms with E-state index in [0.29, 0.717) is 22.8 Å². The van der Waals surface area contributed by atoms with E-state index in [9.17, 15) is 4.79 Å². The minimum atomic E-state index is 0.258. The molecule has 82 valence electrons. The van der Waals surface area contributed by atoms with Gasteiger partial charge in [0.05, 0.1) is 6.42 Å². The highest BCUT2D eigenvalue weighted by Crippen LogP contribution is 2.32. The van der Waals surface area contributed by atoms with Crippen LogP contribution in [-0.2, 0) is 11.2 Å². The quantitative estimate of drug-likeness (QED) is 0.841. The van der Waals surface area contributed by atoms with Gasteiger partial charge >= 0.3 is 0 Å². The lowest BCUT2D eigenvalue weighted by Gasteiger charge is -2.12. The van der Waals surface area contributed by atoms with Crippen LogP contribution in [-0.4, -0.2) is 5.78 Å². The Kier molecular flexibility index (Phi) is 3.29. The lowest BCUT2D eigenvalue weighted by atomic mass is 9.91. The largest absolute Gasteiger partial charge is 0.454 e. The van der Waals surface area contributed by atoms with E-state index in [0.717, 1.165) is 12.2 Å². The van der Waals surface area contributed by atoms with Gasteiger partial charge in [0.15, 0.2) is 4.67 Å². The van der Waals surface area contributed by atoms with Crippen molar-refractivity contribution < 1.29 is 9.21 Å². The fourth-order valence-electron chi connectivity index (χ4n) is 2.37. The van der Waals surface area contributed by atoms with Crippen LogP contribution in [0.25, 0.3) is 0 Å². The third kappa shape index (κ3) is 2.51. The SMILES string of the molecule is CC1CCCC1C(=O)Cc1ccc(Br)o1. The fraction of sp³-hybridized carbons (Fsp3) is 0.583. The molecule has 0 N–H and O–H groups in total. The predicted molar refractivity (Wildman–Crippen MR) is 61.6 cm³/mol. The number of ketones is 1. The van der Waals surface area contributed by atoms with Crippen LogP contribution in [0.3, 0.4) is 0 Å². The molecule has 0 saturated heterocycles. The second-order valence-electron chi connectivity index (χ2n) is 4.36. The highest BCUT2D eigenvalue weighted by atomic mass is 79.9. The summed E-state index contributed by atoms with van der Waals surface area (Å²) in [6.45, 7) is 2.17. The van der Waals surface area contributed by atoms with Crippen molar-refractivity contribution in [3.63, 3.8) is 0 Å². The van der Waals surface area contributed by atoms with E-state index in [-0.39, 0.29) is 5.92 Å². The summed E-state index contributed by atoms with van der Waals surface area (Å²) in [5, 5.41) is 0. The molecule has 15 heavy (non-hydrogen) atoms. The minimum Gasteiger partial charge on any atom is -0.454 e. The Morgan fingerprint density at radius 2 is 2.33 bits per heavy atom. The summed E-state index contributed by atoms with van der Waals surface area (Å²) >= 11 is 3.24. The molecule has 2 nitrogen and oxygen atoms in total. The molecule has 1 fully saturated rings. The van der Waals surface area contributed by atoms with E-state index in [1.807, 2.05) is 12.1 Å². The average molecular weight is 271 g/mol. The molecule has 1 aromatic heterocycles. The maximum Gasteiger partial charge on any atom is 0.169 e. The van der Waals surface area contributed by atoms with Crippen LogP contribution in [0.1, 0.15) is 31.9 Å². The van der Waals surface area contributed by atoms with Crippen molar-refractivity contribution in [2.75, 3.05) is 0 Å². The number of hydrogen-bond acceptors (Lipinski definition) is 2. The Morgan fingerprint density at radius 3 is 2.87 bits per heavy atom. The summed E-state index contributed by atoms with van der Waals surface area (Å²) in [6.07, 6.45) is 3.89. The number of carbonyl (C=O) groups is 1. The van der Waals surface area contributed by atoms with E-state index in [1.54, 1.807) is 0 Å². The molecule has 0 radical (unpaired) electrons. The third-order valence-corrected chi connectivity index (χ3v) is 3.68. The molecule has 1 aliphatic carbocycles. The van der Waals surface area contributed by atoms with E-state index < -0.39 is 0 Å². The topological polar surface area (TPSA) is 30.2 Å².